The van der Waals surface area contributed by atoms with Crippen LogP contribution in [0.1, 0.15) is 21.0 Å². The third-order valence-electron chi connectivity index (χ3n) is 4.28. The van der Waals surface area contributed by atoms with Crippen molar-refractivity contribution in [3.8, 4) is 11.5 Å². The summed E-state index contributed by atoms with van der Waals surface area (Å²) in [5.41, 5.74) is 1.95. The Morgan fingerprint density at radius 2 is 1.80 bits per heavy atom. The molecule has 0 saturated carbocycles. The van der Waals surface area contributed by atoms with Crippen LogP contribution in [0.2, 0.25) is 0 Å². The van der Waals surface area contributed by atoms with E-state index in [2.05, 4.69) is 41.7 Å². The quantitative estimate of drug-likeness (QED) is 0.410. The fourth-order valence-corrected chi connectivity index (χ4v) is 3.18. The highest BCUT2D eigenvalue weighted by Gasteiger charge is 2.15. The number of carbonyl (C=O) groups excluding carboxylic acids is 2. The molecule has 4 rings (SSSR count). The first-order valence-electron chi connectivity index (χ1n) is 8.94. The Balaban J connectivity index is 1.46. The van der Waals surface area contributed by atoms with E-state index in [-0.39, 0.29) is 17.5 Å². The predicted molar refractivity (Wildman–Crippen MR) is 116 cm³/mol. The molecule has 2 aromatic heterocycles. The Morgan fingerprint density at radius 3 is 2.57 bits per heavy atom. The van der Waals surface area contributed by atoms with Gasteiger partial charge in [0.15, 0.2) is 5.69 Å². The smallest absolute Gasteiger partial charge is 0.276 e. The molecule has 0 bridgehead atoms. The van der Waals surface area contributed by atoms with Gasteiger partial charge in [-0.25, -0.2) is 0 Å². The van der Waals surface area contributed by atoms with Crippen LogP contribution in [-0.4, -0.2) is 34.0 Å². The van der Waals surface area contributed by atoms with E-state index in [1.165, 1.54) is 13.2 Å². The number of pyridine rings is 1. The summed E-state index contributed by atoms with van der Waals surface area (Å²) in [6, 6.07) is 15.7. The highest BCUT2D eigenvalue weighted by atomic mass is 79.9. The number of H-pyrrole nitrogens is 1. The first-order chi connectivity index (χ1) is 14.5. The third-order valence-corrected chi connectivity index (χ3v) is 4.77. The molecule has 2 heterocycles. The number of ether oxygens (including phenoxy) is 1. The molecule has 0 fully saturated rings. The van der Waals surface area contributed by atoms with Crippen LogP contribution < -0.4 is 15.4 Å². The SMILES string of the molecule is CNC(=O)c1cc(Oc2ccc(NC(=O)c3n[nH]c4ccc(Br)cc34)cc2)ccn1. The van der Waals surface area contributed by atoms with Crippen molar-refractivity contribution in [1.29, 1.82) is 0 Å². The molecule has 0 radical (unpaired) electrons. The largest absolute Gasteiger partial charge is 0.457 e. The van der Waals surface area contributed by atoms with Gasteiger partial charge in [-0.05, 0) is 48.5 Å². The molecule has 0 aliphatic rings. The Kier molecular flexibility index (Phi) is 5.44. The normalized spacial score (nSPS) is 10.6. The zero-order valence-corrected chi connectivity index (χ0v) is 17.4. The van der Waals surface area contributed by atoms with Crippen LogP contribution in [0, 0.1) is 0 Å². The number of hydrogen-bond donors (Lipinski definition) is 3. The average Bonchev–Trinajstić information content (AvgIpc) is 3.18. The minimum Gasteiger partial charge on any atom is -0.457 e. The number of carbonyl (C=O) groups is 2. The van der Waals surface area contributed by atoms with E-state index < -0.39 is 0 Å². The Labute approximate surface area is 179 Å². The minimum atomic E-state index is -0.322. The number of fused-ring (bicyclic) bond motifs is 1. The van der Waals surface area contributed by atoms with Gasteiger partial charge in [-0.15, -0.1) is 0 Å². The van der Waals surface area contributed by atoms with Gasteiger partial charge in [0.05, 0.1) is 5.52 Å². The van der Waals surface area contributed by atoms with Gasteiger partial charge in [0.25, 0.3) is 11.8 Å². The molecule has 9 heteroatoms. The summed E-state index contributed by atoms with van der Waals surface area (Å²) in [5, 5.41) is 13.0. The van der Waals surface area contributed by atoms with Gasteiger partial charge < -0.3 is 15.4 Å². The highest BCUT2D eigenvalue weighted by molar-refractivity contribution is 9.10. The molecular formula is C21H16BrN5O3. The van der Waals surface area contributed by atoms with E-state index in [0.29, 0.717) is 22.9 Å². The maximum absolute atomic E-state index is 12.6. The third kappa shape index (κ3) is 4.15. The molecule has 2 amide bonds. The minimum absolute atomic E-state index is 0.261. The van der Waals surface area contributed by atoms with E-state index >= 15 is 0 Å². The number of anilines is 1. The fraction of sp³-hybridized carbons (Fsp3) is 0.0476. The second-order valence-electron chi connectivity index (χ2n) is 6.30. The van der Waals surface area contributed by atoms with Crippen LogP contribution in [0.25, 0.3) is 10.9 Å². The van der Waals surface area contributed by atoms with Gasteiger partial charge in [0.1, 0.15) is 17.2 Å². The van der Waals surface area contributed by atoms with Gasteiger partial charge in [0.2, 0.25) is 0 Å². The molecule has 8 nitrogen and oxygen atoms in total. The number of halogens is 1. The highest BCUT2D eigenvalue weighted by Crippen LogP contribution is 2.25. The van der Waals surface area contributed by atoms with E-state index in [1.807, 2.05) is 18.2 Å². The van der Waals surface area contributed by atoms with Crippen molar-refractivity contribution >= 4 is 44.3 Å². The van der Waals surface area contributed by atoms with Crippen LogP contribution in [0.3, 0.4) is 0 Å². The maximum atomic E-state index is 12.6. The van der Waals surface area contributed by atoms with Gasteiger partial charge in [0, 0.05) is 34.9 Å². The lowest BCUT2D eigenvalue weighted by Gasteiger charge is -2.08. The lowest BCUT2D eigenvalue weighted by Crippen LogP contribution is -2.18. The molecule has 0 saturated heterocycles. The van der Waals surface area contributed by atoms with E-state index in [1.54, 1.807) is 36.4 Å². The van der Waals surface area contributed by atoms with Gasteiger partial charge in [-0.1, -0.05) is 15.9 Å². The number of rotatable bonds is 5. The van der Waals surface area contributed by atoms with Gasteiger partial charge in [-0.3, -0.25) is 19.7 Å². The molecule has 150 valence electrons. The van der Waals surface area contributed by atoms with Crippen molar-refractivity contribution in [3.05, 3.63) is 76.7 Å². The molecule has 0 unspecified atom stereocenters. The molecule has 0 spiro atoms. The monoisotopic (exact) mass is 465 g/mol. The van der Waals surface area contributed by atoms with Crippen molar-refractivity contribution in [2.75, 3.05) is 12.4 Å². The number of aromatic amines is 1. The van der Waals surface area contributed by atoms with Crippen LogP contribution in [0.4, 0.5) is 5.69 Å². The zero-order chi connectivity index (χ0) is 21.1. The lowest BCUT2D eigenvalue weighted by atomic mass is 10.2. The van der Waals surface area contributed by atoms with Crippen molar-refractivity contribution in [1.82, 2.24) is 20.5 Å². The molecule has 0 aliphatic heterocycles. The number of nitrogens with zero attached hydrogens (tertiary/aromatic N) is 2. The van der Waals surface area contributed by atoms with Crippen molar-refractivity contribution in [3.63, 3.8) is 0 Å². The molecule has 0 atom stereocenters. The Hall–Kier alpha value is -3.72. The molecule has 3 N–H and O–H groups in total. The molecular weight excluding hydrogens is 450 g/mol. The summed E-state index contributed by atoms with van der Waals surface area (Å²) in [7, 11) is 1.54. The molecule has 4 aromatic rings. The van der Waals surface area contributed by atoms with Gasteiger partial charge >= 0.3 is 0 Å². The van der Waals surface area contributed by atoms with E-state index in [0.717, 1.165) is 15.4 Å². The second kappa shape index (κ2) is 8.34. The molecule has 2 aromatic carbocycles. The Bertz CT molecular complexity index is 1240. The van der Waals surface area contributed by atoms with Crippen molar-refractivity contribution < 1.29 is 14.3 Å². The summed E-state index contributed by atoms with van der Waals surface area (Å²) >= 11 is 3.41. The average molecular weight is 466 g/mol. The van der Waals surface area contributed by atoms with Gasteiger partial charge in [-0.2, -0.15) is 5.10 Å². The topological polar surface area (TPSA) is 109 Å². The molecule has 30 heavy (non-hydrogen) atoms. The fourth-order valence-electron chi connectivity index (χ4n) is 2.82. The maximum Gasteiger partial charge on any atom is 0.276 e. The van der Waals surface area contributed by atoms with E-state index in [9.17, 15) is 9.59 Å². The summed E-state index contributed by atoms with van der Waals surface area (Å²) < 4.78 is 6.63. The predicted octanol–water partition coefficient (Wildman–Crippen LogP) is 4.12. The van der Waals surface area contributed by atoms with Crippen LogP contribution in [-0.2, 0) is 0 Å². The van der Waals surface area contributed by atoms with Crippen molar-refractivity contribution in [2.45, 2.75) is 0 Å². The number of benzene rings is 2. The van der Waals surface area contributed by atoms with Crippen LogP contribution >= 0.6 is 15.9 Å². The summed E-state index contributed by atoms with van der Waals surface area (Å²) in [6.07, 6.45) is 1.50. The first kappa shape index (κ1) is 19.6. The standard InChI is InChI=1S/C21H16BrN5O3/c1-23-20(28)18-11-15(8-9-24-18)30-14-5-3-13(4-6-14)25-21(29)19-16-10-12(22)2-7-17(16)26-27-19/h2-11H,1H3,(H,23,28)(H,25,29)(H,26,27). The number of nitrogens with one attached hydrogen (secondary N) is 3. The summed E-state index contributed by atoms with van der Waals surface area (Å²) in [4.78, 5) is 28.3. The number of hydrogen-bond acceptors (Lipinski definition) is 5. The first-order valence-corrected chi connectivity index (χ1v) is 9.74. The summed E-state index contributed by atoms with van der Waals surface area (Å²) in [5.74, 6) is 0.416. The zero-order valence-electron chi connectivity index (χ0n) is 15.8. The second-order valence-corrected chi connectivity index (χ2v) is 7.21. The number of amides is 2. The Morgan fingerprint density at radius 1 is 1.00 bits per heavy atom. The van der Waals surface area contributed by atoms with Crippen LogP contribution in [0.15, 0.2) is 65.3 Å². The van der Waals surface area contributed by atoms with E-state index in [4.69, 9.17) is 4.74 Å². The number of aromatic nitrogens is 3. The lowest BCUT2D eigenvalue weighted by molar-refractivity contribution is 0.0957. The van der Waals surface area contributed by atoms with Crippen molar-refractivity contribution in [2.24, 2.45) is 0 Å². The van der Waals surface area contributed by atoms with Crippen LogP contribution in [0.5, 0.6) is 11.5 Å². The molecule has 0 aliphatic carbocycles. The summed E-state index contributed by atoms with van der Waals surface area (Å²) in [6.45, 7) is 0.